The summed E-state index contributed by atoms with van der Waals surface area (Å²) in [6, 6.07) is 11.4. The summed E-state index contributed by atoms with van der Waals surface area (Å²) in [7, 11) is 2.04. The van der Waals surface area contributed by atoms with Gasteiger partial charge in [0.25, 0.3) is 0 Å². The third kappa shape index (κ3) is 2.65. The molecule has 0 fully saturated rings. The maximum atomic E-state index is 11.9. The summed E-state index contributed by atoms with van der Waals surface area (Å²) in [4.78, 5) is 14.3. The second-order valence-electron chi connectivity index (χ2n) is 4.76. The molecular formula is C14H14ClN2O2S+. The lowest BCUT2D eigenvalue weighted by Gasteiger charge is -2.12. The van der Waals surface area contributed by atoms with Gasteiger partial charge in [0, 0.05) is 0 Å². The van der Waals surface area contributed by atoms with E-state index < -0.39 is 0 Å². The van der Waals surface area contributed by atoms with E-state index in [0.29, 0.717) is 12.3 Å². The summed E-state index contributed by atoms with van der Waals surface area (Å²) >= 11 is 7.50. The molecule has 0 saturated heterocycles. The van der Waals surface area contributed by atoms with Crippen molar-refractivity contribution in [1.82, 2.24) is 4.57 Å². The SMILES string of the molecule is C[NH+](Cc1ccc(Cl)s1)Cn1c(=O)oc2ccccc21. The molecule has 0 aliphatic rings. The van der Waals surface area contributed by atoms with Crippen molar-refractivity contribution in [2.24, 2.45) is 0 Å². The van der Waals surface area contributed by atoms with Crippen molar-refractivity contribution in [3.63, 3.8) is 0 Å². The molecule has 0 bridgehead atoms. The Bertz CT molecular complexity index is 790. The Morgan fingerprint density at radius 3 is 2.85 bits per heavy atom. The molecule has 2 aromatic heterocycles. The maximum absolute atomic E-state index is 11.9. The van der Waals surface area contributed by atoms with Gasteiger partial charge in [0.15, 0.2) is 12.3 Å². The number of aromatic nitrogens is 1. The standard InChI is InChI=1S/C14H13ClN2O2S/c1-16(8-10-6-7-13(15)20-10)9-17-11-4-2-3-5-12(11)19-14(17)18/h2-7H,8-9H2,1H3/p+1. The number of rotatable bonds is 4. The van der Waals surface area contributed by atoms with Crippen LogP contribution in [-0.4, -0.2) is 11.6 Å². The highest BCUT2D eigenvalue weighted by atomic mass is 35.5. The highest BCUT2D eigenvalue weighted by Gasteiger charge is 2.13. The highest BCUT2D eigenvalue weighted by Crippen LogP contribution is 2.20. The number of nitrogens with one attached hydrogen (secondary N) is 1. The van der Waals surface area contributed by atoms with Gasteiger partial charge in [0.1, 0.15) is 6.54 Å². The number of fused-ring (bicyclic) bond motifs is 1. The molecular weight excluding hydrogens is 296 g/mol. The molecule has 3 aromatic rings. The van der Waals surface area contributed by atoms with Crippen LogP contribution < -0.4 is 10.7 Å². The predicted octanol–water partition coefficient (Wildman–Crippen LogP) is 1.98. The molecule has 1 aromatic carbocycles. The summed E-state index contributed by atoms with van der Waals surface area (Å²) in [5, 5.41) is 0. The maximum Gasteiger partial charge on any atom is 0.424 e. The van der Waals surface area contributed by atoms with E-state index in [1.165, 1.54) is 9.78 Å². The lowest BCUT2D eigenvalue weighted by atomic mass is 10.3. The molecule has 0 saturated carbocycles. The van der Waals surface area contributed by atoms with Gasteiger partial charge in [-0.15, -0.1) is 11.3 Å². The molecule has 3 rings (SSSR count). The minimum atomic E-state index is -0.310. The van der Waals surface area contributed by atoms with Crippen LogP contribution in [0.5, 0.6) is 0 Å². The molecule has 6 heteroatoms. The van der Waals surface area contributed by atoms with E-state index in [1.54, 1.807) is 15.9 Å². The Labute approximate surface area is 124 Å². The number of benzene rings is 1. The first-order valence-electron chi connectivity index (χ1n) is 6.27. The second kappa shape index (κ2) is 5.44. The minimum Gasteiger partial charge on any atom is -0.408 e. The average molecular weight is 310 g/mol. The van der Waals surface area contributed by atoms with E-state index in [2.05, 4.69) is 0 Å². The zero-order valence-electron chi connectivity index (χ0n) is 10.9. The molecule has 0 aliphatic heterocycles. The average Bonchev–Trinajstić information content (AvgIpc) is 2.94. The van der Waals surface area contributed by atoms with Crippen molar-refractivity contribution < 1.29 is 9.32 Å². The van der Waals surface area contributed by atoms with Crippen molar-refractivity contribution in [1.29, 1.82) is 0 Å². The van der Waals surface area contributed by atoms with Crippen LogP contribution in [0.4, 0.5) is 0 Å². The third-order valence-corrected chi connectivity index (χ3v) is 4.34. The minimum absolute atomic E-state index is 0.310. The smallest absolute Gasteiger partial charge is 0.408 e. The van der Waals surface area contributed by atoms with Gasteiger partial charge in [-0.05, 0) is 24.3 Å². The Morgan fingerprint density at radius 1 is 1.30 bits per heavy atom. The highest BCUT2D eigenvalue weighted by molar-refractivity contribution is 7.16. The molecule has 1 atom stereocenters. The van der Waals surface area contributed by atoms with Crippen LogP contribution >= 0.6 is 22.9 Å². The Morgan fingerprint density at radius 2 is 2.10 bits per heavy atom. The van der Waals surface area contributed by atoms with Gasteiger partial charge in [-0.3, -0.25) is 0 Å². The van der Waals surface area contributed by atoms with E-state index in [0.717, 1.165) is 16.4 Å². The van der Waals surface area contributed by atoms with Crippen LogP contribution in [-0.2, 0) is 13.2 Å². The van der Waals surface area contributed by atoms with Gasteiger partial charge < -0.3 is 9.32 Å². The first-order chi connectivity index (χ1) is 9.63. The number of thiophene rings is 1. The monoisotopic (exact) mass is 309 g/mol. The van der Waals surface area contributed by atoms with Gasteiger partial charge in [0.05, 0.1) is 21.8 Å². The lowest BCUT2D eigenvalue weighted by Crippen LogP contribution is -3.07. The Kier molecular flexibility index (Phi) is 3.65. The van der Waals surface area contributed by atoms with Crippen molar-refractivity contribution in [3.05, 3.63) is 56.2 Å². The van der Waals surface area contributed by atoms with E-state index in [9.17, 15) is 4.79 Å². The van der Waals surface area contributed by atoms with Crippen molar-refractivity contribution >= 4 is 34.0 Å². The van der Waals surface area contributed by atoms with Crippen molar-refractivity contribution in [3.8, 4) is 0 Å². The van der Waals surface area contributed by atoms with Gasteiger partial charge in [0.2, 0.25) is 0 Å². The van der Waals surface area contributed by atoms with E-state index in [4.69, 9.17) is 16.0 Å². The number of nitrogens with zero attached hydrogens (tertiary/aromatic N) is 1. The summed E-state index contributed by atoms with van der Waals surface area (Å²) in [6.45, 7) is 1.38. The van der Waals surface area contributed by atoms with Crippen molar-refractivity contribution in [2.75, 3.05) is 7.05 Å². The van der Waals surface area contributed by atoms with Gasteiger partial charge in [-0.25, -0.2) is 9.36 Å². The number of quaternary nitrogens is 1. The number of halogens is 1. The molecule has 4 nitrogen and oxygen atoms in total. The lowest BCUT2D eigenvalue weighted by molar-refractivity contribution is -0.916. The zero-order valence-corrected chi connectivity index (χ0v) is 12.5. The summed E-state index contributed by atoms with van der Waals surface area (Å²) in [6.07, 6.45) is 0. The molecule has 1 unspecified atom stereocenters. The summed E-state index contributed by atoms with van der Waals surface area (Å²) < 4.78 is 7.69. The van der Waals surface area contributed by atoms with E-state index in [-0.39, 0.29) is 5.76 Å². The first-order valence-corrected chi connectivity index (χ1v) is 7.47. The van der Waals surface area contributed by atoms with Crippen LogP contribution in [0.2, 0.25) is 4.34 Å². The topological polar surface area (TPSA) is 39.6 Å². The van der Waals surface area contributed by atoms with Crippen LogP contribution in [0.15, 0.2) is 45.6 Å². The molecule has 0 radical (unpaired) electrons. The fourth-order valence-electron chi connectivity index (χ4n) is 2.23. The van der Waals surface area contributed by atoms with Crippen LogP contribution in [0.3, 0.4) is 0 Å². The number of hydrogen-bond donors (Lipinski definition) is 1. The Hall–Kier alpha value is -1.56. The normalized spacial score (nSPS) is 12.9. The number of oxazole rings is 1. The fraction of sp³-hybridized carbons (Fsp3) is 0.214. The summed E-state index contributed by atoms with van der Waals surface area (Å²) in [5.74, 6) is -0.310. The predicted molar refractivity (Wildman–Crippen MR) is 80.4 cm³/mol. The van der Waals surface area contributed by atoms with Gasteiger partial charge in [-0.2, -0.15) is 0 Å². The molecule has 1 N–H and O–H groups in total. The van der Waals surface area contributed by atoms with Crippen LogP contribution in [0, 0.1) is 0 Å². The van der Waals surface area contributed by atoms with Crippen LogP contribution in [0.25, 0.3) is 11.1 Å². The van der Waals surface area contributed by atoms with E-state index >= 15 is 0 Å². The fourth-order valence-corrected chi connectivity index (χ4v) is 3.44. The molecule has 0 spiro atoms. The summed E-state index contributed by atoms with van der Waals surface area (Å²) in [5.41, 5.74) is 1.46. The number of hydrogen-bond acceptors (Lipinski definition) is 3. The van der Waals surface area contributed by atoms with Gasteiger partial charge in [-0.1, -0.05) is 23.7 Å². The first kappa shape index (κ1) is 13.4. The van der Waals surface area contributed by atoms with Crippen molar-refractivity contribution in [2.45, 2.75) is 13.2 Å². The molecule has 2 heterocycles. The molecule has 0 aliphatic carbocycles. The number of para-hydroxylation sites is 2. The molecule has 104 valence electrons. The Balaban J connectivity index is 1.82. The molecule has 20 heavy (non-hydrogen) atoms. The molecule has 0 amide bonds. The zero-order chi connectivity index (χ0) is 14.1. The van der Waals surface area contributed by atoms with E-state index in [1.807, 2.05) is 43.4 Å². The third-order valence-electron chi connectivity index (χ3n) is 3.11. The van der Waals surface area contributed by atoms with Crippen LogP contribution in [0.1, 0.15) is 4.88 Å². The largest absolute Gasteiger partial charge is 0.424 e. The second-order valence-corrected chi connectivity index (χ2v) is 6.56. The van der Waals surface area contributed by atoms with Gasteiger partial charge >= 0.3 is 5.76 Å². The quantitative estimate of drug-likeness (QED) is 0.800.